The van der Waals surface area contributed by atoms with Gasteiger partial charge in [-0.15, -0.1) is 0 Å². The van der Waals surface area contributed by atoms with Gasteiger partial charge in [-0.25, -0.2) is 21.8 Å². The smallest absolute Gasteiger partial charge is 0.377 e. The van der Waals surface area contributed by atoms with Crippen LogP contribution >= 0.6 is 19.4 Å². The minimum atomic E-state index is -4.58. The van der Waals surface area contributed by atoms with Crippen molar-refractivity contribution in [1.29, 1.82) is 0 Å². The molecular formula is C32H30ClF2N2O8PS. The number of halogens is 3. The van der Waals surface area contributed by atoms with E-state index in [4.69, 9.17) is 29.9 Å². The van der Waals surface area contributed by atoms with Crippen molar-refractivity contribution in [3.63, 3.8) is 0 Å². The fourth-order valence-electron chi connectivity index (χ4n) is 4.53. The van der Waals surface area contributed by atoms with Crippen LogP contribution in [0.5, 0.6) is 0 Å². The van der Waals surface area contributed by atoms with Crippen molar-refractivity contribution in [2.75, 3.05) is 31.6 Å². The minimum absolute atomic E-state index is 0.0771. The molecule has 1 unspecified atom stereocenters. The lowest BCUT2D eigenvalue weighted by atomic mass is 10.2. The molecule has 1 aliphatic heterocycles. The van der Waals surface area contributed by atoms with Gasteiger partial charge in [-0.3, -0.25) is 18.4 Å². The first kappa shape index (κ1) is 34.8. The van der Waals surface area contributed by atoms with Gasteiger partial charge in [-0.1, -0.05) is 72.3 Å². The number of hydrogen-bond acceptors (Lipinski definition) is 8. The quantitative estimate of drug-likeness (QED) is 0.160. The van der Waals surface area contributed by atoms with Gasteiger partial charge in [-0.05, 0) is 47.5 Å². The third-order valence-corrected chi connectivity index (χ3v) is 10.5. The molecule has 1 fully saturated rings. The van der Waals surface area contributed by atoms with Crippen LogP contribution in [0, 0.1) is 11.6 Å². The normalized spacial score (nSPS) is 16.0. The molecule has 15 heteroatoms. The molecule has 0 bridgehead atoms. The third-order valence-electron chi connectivity index (χ3n) is 6.93. The number of amides is 1. The molecule has 1 saturated heterocycles. The van der Waals surface area contributed by atoms with Crippen LogP contribution in [0.3, 0.4) is 0 Å². The summed E-state index contributed by atoms with van der Waals surface area (Å²) < 4.78 is 93.6. The van der Waals surface area contributed by atoms with Crippen LogP contribution in [-0.2, 0) is 46.1 Å². The first-order valence-corrected chi connectivity index (χ1v) is 17.6. The topological polar surface area (TPSA) is 120 Å². The molecule has 1 heterocycles. The number of phosphoric acid groups is 1. The molecule has 1 aliphatic rings. The summed E-state index contributed by atoms with van der Waals surface area (Å²) in [5.74, 6) is -2.57. The predicted molar refractivity (Wildman–Crippen MR) is 170 cm³/mol. The van der Waals surface area contributed by atoms with E-state index >= 15 is 4.39 Å². The maximum absolute atomic E-state index is 15.1. The van der Waals surface area contributed by atoms with E-state index in [0.717, 1.165) is 28.6 Å². The van der Waals surface area contributed by atoms with E-state index in [2.05, 4.69) is 5.32 Å². The van der Waals surface area contributed by atoms with Gasteiger partial charge in [0.15, 0.2) is 0 Å². The predicted octanol–water partition coefficient (Wildman–Crippen LogP) is 6.82. The first-order chi connectivity index (χ1) is 22.5. The second-order valence-electron chi connectivity index (χ2n) is 10.4. The average molecular weight is 707 g/mol. The van der Waals surface area contributed by atoms with Gasteiger partial charge in [0.1, 0.15) is 22.6 Å². The van der Waals surface area contributed by atoms with Gasteiger partial charge < -0.3 is 10.1 Å². The number of nitrogens with one attached hydrogen (secondary N) is 1. The summed E-state index contributed by atoms with van der Waals surface area (Å²) in [7, 11) is -8.90. The number of carbonyl (C=O) groups is 1. The van der Waals surface area contributed by atoms with E-state index < -0.39 is 46.4 Å². The molecular weight excluding hydrogens is 677 g/mol. The Morgan fingerprint density at radius 1 is 0.915 bits per heavy atom. The van der Waals surface area contributed by atoms with Crippen molar-refractivity contribution in [2.45, 2.75) is 24.2 Å². The van der Waals surface area contributed by atoms with E-state index in [0.29, 0.717) is 11.1 Å². The second kappa shape index (κ2) is 15.6. The Balaban J connectivity index is 1.34. The van der Waals surface area contributed by atoms with E-state index in [-0.39, 0.29) is 55.8 Å². The van der Waals surface area contributed by atoms with Crippen LogP contribution in [0.2, 0.25) is 5.02 Å². The summed E-state index contributed by atoms with van der Waals surface area (Å²) in [5.41, 5.74) is 1.36. The molecule has 1 N–H and O–H groups in total. The second-order valence-corrected chi connectivity index (χ2v) is 14.3. The highest BCUT2D eigenvalue weighted by Gasteiger charge is 2.37. The number of rotatable bonds is 12. The van der Waals surface area contributed by atoms with Crippen molar-refractivity contribution < 1.29 is 44.9 Å². The molecule has 0 spiro atoms. The van der Waals surface area contributed by atoms with Crippen LogP contribution in [0.4, 0.5) is 14.5 Å². The summed E-state index contributed by atoms with van der Waals surface area (Å²) in [6, 6.07) is 24.2. The summed E-state index contributed by atoms with van der Waals surface area (Å²) in [6.07, 6.45) is -1.14. The minimum Gasteiger partial charge on any atom is -0.377 e. The van der Waals surface area contributed by atoms with Crippen LogP contribution < -0.4 is 5.32 Å². The van der Waals surface area contributed by atoms with Crippen molar-refractivity contribution in [2.24, 2.45) is 0 Å². The monoisotopic (exact) mass is 706 g/mol. The third kappa shape index (κ3) is 9.31. The number of carbonyl (C=O) groups excluding carboxylic acids is 1. The number of sulfonamides is 1. The molecule has 0 aromatic heterocycles. The summed E-state index contributed by atoms with van der Waals surface area (Å²) >= 11 is 5.78. The molecule has 47 heavy (non-hydrogen) atoms. The molecule has 0 radical (unpaired) electrons. The van der Waals surface area contributed by atoms with Crippen LogP contribution in [0.1, 0.15) is 21.5 Å². The largest absolute Gasteiger partial charge is 0.475 e. The highest BCUT2D eigenvalue weighted by Crippen LogP contribution is 2.52. The molecule has 1 atom stereocenters. The summed E-state index contributed by atoms with van der Waals surface area (Å²) in [5, 5.41) is 2.24. The molecule has 0 aliphatic carbocycles. The fraction of sp³-hybridized carbons (Fsp3) is 0.219. The van der Waals surface area contributed by atoms with Crippen LogP contribution in [-0.4, -0.2) is 51.0 Å². The van der Waals surface area contributed by atoms with Gasteiger partial charge in [-0.2, -0.15) is 4.31 Å². The fourth-order valence-corrected chi connectivity index (χ4v) is 7.56. The average Bonchev–Trinajstić information content (AvgIpc) is 3.32. The number of benzene rings is 4. The maximum Gasteiger partial charge on any atom is 0.475 e. The molecule has 4 aromatic rings. The molecule has 5 rings (SSSR count). The Bertz CT molecular complexity index is 1810. The SMILES string of the molecule is O=C(Nc1ccc(F)c(Cl)c1)c1ccc(F)c(S(=O)(=O)N2CCOCC(OP(=O)(OCc3ccccc3)OCc3ccccc3)C2)c1. The summed E-state index contributed by atoms with van der Waals surface area (Å²) in [6.45, 7) is -1.05. The number of ether oxygens (including phenoxy) is 1. The lowest BCUT2D eigenvalue weighted by Crippen LogP contribution is -2.39. The summed E-state index contributed by atoms with van der Waals surface area (Å²) in [4.78, 5) is 12.1. The van der Waals surface area contributed by atoms with Crippen LogP contribution in [0.15, 0.2) is 102 Å². The van der Waals surface area contributed by atoms with Crippen LogP contribution in [0.25, 0.3) is 0 Å². The molecule has 1 amide bonds. The Kier molecular flexibility index (Phi) is 11.5. The molecule has 4 aromatic carbocycles. The van der Waals surface area contributed by atoms with E-state index in [1.54, 1.807) is 48.5 Å². The van der Waals surface area contributed by atoms with E-state index in [1.165, 1.54) is 12.1 Å². The Hall–Kier alpha value is -3.52. The molecule has 248 valence electrons. The van der Waals surface area contributed by atoms with Gasteiger partial charge in [0.2, 0.25) is 10.0 Å². The Labute approximate surface area is 275 Å². The van der Waals surface area contributed by atoms with E-state index in [9.17, 15) is 22.2 Å². The lowest BCUT2D eigenvalue weighted by molar-refractivity contribution is 0.0272. The van der Waals surface area contributed by atoms with Gasteiger partial charge in [0, 0.05) is 24.3 Å². The number of phosphoric ester groups is 1. The zero-order valence-electron chi connectivity index (χ0n) is 24.8. The van der Waals surface area contributed by atoms with Gasteiger partial charge in [0.05, 0.1) is 31.5 Å². The zero-order valence-corrected chi connectivity index (χ0v) is 27.2. The van der Waals surface area contributed by atoms with Crippen molar-refractivity contribution in [3.8, 4) is 0 Å². The first-order valence-electron chi connectivity index (χ1n) is 14.3. The van der Waals surface area contributed by atoms with Crippen molar-refractivity contribution in [3.05, 3.63) is 130 Å². The number of nitrogens with zero attached hydrogens (tertiary/aromatic N) is 1. The van der Waals surface area contributed by atoms with Gasteiger partial charge >= 0.3 is 7.82 Å². The maximum atomic E-state index is 15.1. The molecule has 0 saturated carbocycles. The van der Waals surface area contributed by atoms with Crippen molar-refractivity contribution in [1.82, 2.24) is 4.31 Å². The van der Waals surface area contributed by atoms with E-state index in [1.807, 2.05) is 12.1 Å². The highest BCUT2D eigenvalue weighted by molar-refractivity contribution is 7.89. The van der Waals surface area contributed by atoms with Crippen molar-refractivity contribution >= 4 is 41.0 Å². The Morgan fingerprint density at radius 2 is 1.53 bits per heavy atom. The lowest BCUT2D eigenvalue weighted by Gasteiger charge is -2.26. The number of hydrogen-bond donors (Lipinski definition) is 1. The zero-order chi connectivity index (χ0) is 33.4. The standard InChI is InChI=1S/C32H30ClF2N2O8PS/c33-28-18-26(12-14-29(28)34)36-32(38)25-11-13-30(35)31(17-25)47(40,41)37-15-16-42-22-27(19-37)45-46(39,43-20-23-7-3-1-4-8-23)44-21-24-9-5-2-6-10-24/h1-14,17-18,27H,15-16,19-22H2,(H,36,38). The Morgan fingerprint density at radius 3 is 2.15 bits per heavy atom. The molecule has 10 nitrogen and oxygen atoms in total. The number of anilines is 1. The highest BCUT2D eigenvalue weighted by atomic mass is 35.5. The van der Waals surface area contributed by atoms with Gasteiger partial charge in [0.25, 0.3) is 5.91 Å².